The molecule has 1 atom stereocenters. The van der Waals surface area contributed by atoms with Gasteiger partial charge in [0.1, 0.15) is 6.04 Å². The maximum atomic E-state index is 11.9. The van der Waals surface area contributed by atoms with Crippen molar-refractivity contribution in [3.63, 3.8) is 0 Å². The average Bonchev–Trinajstić information content (AvgIpc) is 2.38. The van der Waals surface area contributed by atoms with Gasteiger partial charge in [-0.1, -0.05) is 26.0 Å². The number of amides is 1. The van der Waals surface area contributed by atoms with E-state index in [1.54, 1.807) is 12.1 Å². The first kappa shape index (κ1) is 15.2. The molecule has 1 aromatic rings. The van der Waals surface area contributed by atoms with Crippen LogP contribution < -0.4 is 5.32 Å². The number of carbonyl (C=O) groups is 2. The maximum Gasteiger partial charge on any atom is 0.326 e. The van der Waals surface area contributed by atoms with E-state index in [1.165, 1.54) is 0 Å². The highest BCUT2D eigenvalue weighted by molar-refractivity contribution is 5.96. The Hall–Kier alpha value is -1.88. The van der Waals surface area contributed by atoms with E-state index < -0.39 is 17.9 Å². The second-order valence-electron chi connectivity index (χ2n) is 4.65. The number of hydrogen-bond donors (Lipinski definition) is 3. The molecule has 0 bridgehead atoms. The summed E-state index contributed by atoms with van der Waals surface area (Å²) in [7, 11) is 0. The number of nitrogens with one attached hydrogen (secondary N) is 1. The van der Waals surface area contributed by atoms with E-state index in [2.05, 4.69) is 19.2 Å². The zero-order valence-electron chi connectivity index (χ0n) is 11.1. The molecule has 1 amide bonds. The van der Waals surface area contributed by atoms with Gasteiger partial charge in [0.05, 0.1) is 0 Å². The summed E-state index contributed by atoms with van der Waals surface area (Å²) in [6, 6.07) is 5.97. The lowest BCUT2D eigenvalue weighted by Crippen LogP contribution is -2.41. The summed E-state index contributed by atoms with van der Waals surface area (Å²) in [5, 5.41) is 20.0. The molecule has 1 rings (SSSR count). The number of aliphatic hydroxyl groups is 1. The highest BCUT2D eigenvalue weighted by Crippen LogP contribution is 2.14. The van der Waals surface area contributed by atoms with Crippen molar-refractivity contribution >= 4 is 11.9 Å². The Morgan fingerprint density at radius 2 is 1.79 bits per heavy atom. The number of aliphatic hydroxyl groups excluding tert-OH is 1. The van der Waals surface area contributed by atoms with Crippen LogP contribution in [0, 0.1) is 0 Å². The number of benzene rings is 1. The van der Waals surface area contributed by atoms with Crippen molar-refractivity contribution in [2.45, 2.75) is 32.2 Å². The monoisotopic (exact) mass is 265 g/mol. The van der Waals surface area contributed by atoms with Gasteiger partial charge in [-0.3, -0.25) is 4.79 Å². The van der Waals surface area contributed by atoms with E-state index in [4.69, 9.17) is 10.2 Å². The van der Waals surface area contributed by atoms with Crippen LogP contribution in [0.1, 0.15) is 42.1 Å². The Labute approximate surface area is 112 Å². The number of carboxylic acids is 1. The van der Waals surface area contributed by atoms with E-state index in [-0.39, 0.29) is 13.0 Å². The van der Waals surface area contributed by atoms with Crippen LogP contribution in [0.25, 0.3) is 0 Å². The predicted molar refractivity (Wildman–Crippen MR) is 71.1 cm³/mol. The molecule has 104 valence electrons. The predicted octanol–water partition coefficient (Wildman–Crippen LogP) is 1.38. The van der Waals surface area contributed by atoms with Crippen LogP contribution in [-0.4, -0.2) is 34.7 Å². The zero-order chi connectivity index (χ0) is 14.4. The largest absolute Gasteiger partial charge is 0.480 e. The SMILES string of the molecule is CC(C)c1ccc(C(=O)N[C@H](CCO)C(=O)O)cc1. The van der Waals surface area contributed by atoms with Gasteiger partial charge in [0.2, 0.25) is 0 Å². The third kappa shape index (κ3) is 4.37. The van der Waals surface area contributed by atoms with Crippen LogP contribution in [0.5, 0.6) is 0 Å². The molecule has 3 N–H and O–H groups in total. The Morgan fingerprint density at radius 1 is 1.21 bits per heavy atom. The van der Waals surface area contributed by atoms with Gasteiger partial charge in [-0.05, 0) is 23.6 Å². The van der Waals surface area contributed by atoms with Crippen molar-refractivity contribution in [1.29, 1.82) is 0 Å². The maximum absolute atomic E-state index is 11.9. The van der Waals surface area contributed by atoms with Gasteiger partial charge in [0.25, 0.3) is 5.91 Å². The highest BCUT2D eigenvalue weighted by Gasteiger charge is 2.19. The first-order valence-corrected chi connectivity index (χ1v) is 6.20. The third-order valence-electron chi connectivity index (χ3n) is 2.86. The molecule has 0 heterocycles. The molecular weight excluding hydrogens is 246 g/mol. The summed E-state index contributed by atoms with van der Waals surface area (Å²) in [5.41, 5.74) is 1.52. The molecule has 0 aliphatic heterocycles. The molecule has 0 spiro atoms. The lowest BCUT2D eigenvalue weighted by molar-refractivity contribution is -0.139. The molecule has 0 saturated carbocycles. The fourth-order valence-corrected chi connectivity index (χ4v) is 1.65. The van der Waals surface area contributed by atoms with Crippen LogP contribution in [0.4, 0.5) is 0 Å². The van der Waals surface area contributed by atoms with Crippen LogP contribution in [-0.2, 0) is 4.79 Å². The van der Waals surface area contributed by atoms with Gasteiger partial charge in [-0.2, -0.15) is 0 Å². The minimum atomic E-state index is -1.15. The summed E-state index contributed by atoms with van der Waals surface area (Å²) >= 11 is 0. The zero-order valence-corrected chi connectivity index (χ0v) is 11.1. The van der Waals surface area contributed by atoms with Gasteiger partial charge >= 0.3 is 5.97 Å². The third-order valence-corrected chi connectivity index (χ3v) is 2.86. The molecule has 0 unspecified atom stereocenters. The molecule has 0 aromatic heterocycles. The summed E-state index contributed by atoms with van der Waals surface area (Å²) in [6.45, 7) is 3.82. The van der Waals surface area contributed by atoms with Crippen molar-refractivity contribution in [2.24, 2.45) is 0 Å². The lowest BCUT2D eigenvalue weighted by atomic mass is 10.0. The van der Waals surface area contributed by atoms with Crippen LogP contribution in [0.15, 0.2) is 24.3 Å². The summed E-state index contributed by atoms with van der Waals surface area (Å²) in [6.07, 6.45) is -0.00878. The van der Waals surface area contributed by atoms with Gasteiger partial charge in [0.15, 0.2) is 0 Å². The van der Waals surface area contributed by atoms with Crippen molar-refractivity contribution in [3.8, 4) is 0 Å². The Kier molecular flexibility index (Phi) is 5.51. The Balaban J connectivity index is 2.74. The second kappa shape index (κ2) is 6.89. The minimum absolute atomic E-state index is 0.00878. The number of rotatable bonds is 6. The molecule has 0 aliphatic rings. The number of carbonyl (C=O) groups excluding carboxylic acids is 1. The molecule has 0 fully saturated rings. The normalized spacial score (nSPS) is 12.2. The Morgan fingerprint density at radius 3 is 2.21 bits per heavy atom. The van der Waals surface area contributed by atoms with E-state index in [0.717, 1.165) is 5.56 Å². The van der Waals surface area contributed by atoms with Crippen molar-refractivity contribution in [3.05, 3.63) is 35.4 Å². The van der Waals surface area contributed by atoms with E-state index >= 15 is 0 Å². The summed E-state index contributed by atoms with van der Waals surface area (Å²) in [4.78, 5) is 22.7. The molecular formula is C14H19NO4. The highest BCUT2D eigenvalue weighted by atomic mass is 16.4. The van der Waals surface area contributed by atoms with E-state index in [1.807, 2.05) is 12.1 Å². The number of aliphatic carboxylic acids is 1. The molecule has 0 aliphatic carbocycles. The number of hydrogen-bond acceptors (Lipinski definition) is 3. The van der Waals surface area contributed by atoms with Gasteiger partial charge < -0.3 is 15.5 Å². The van der Waals surface area contributed by atoms with E-state index in [0.29, 0.717) is 11.5 Å². The average molecular weight is 265 g/mol. The van der Waals surface area contributed by atoms with Crippen molar-refractivity contribution < 1.29 is 19.8 Å². The van der Waals surface area contributed by atoms with Gasteiger partial charge in [0, 0.05) is 18.6 Å². The minimum Gasteiger partial charge on any atom is -0.480 e. The summed E-state index contributed by atoms with van der Waals surface area (Å²) in [5.74, 6) is -1.23. The topological polar surface area (TPSA) is 86.6 Å². The standard InChI is InChI=1S/C14H19NO4/c1-9(2)10-3-5-11(6-4-10)13(17)15-12(7-8-16)14(18)19/h3-6,9,12,16H,7-8H2,1-2H3,(H,15,17)(H,18,19)/t12-/m1/s1. The molecule has 0 radical (unpaired) electrons. The fraction of sp³-hybridized carbons (Fsp3) is 0.429. The molecule has 5 nitrogen and oxygen atoms in total. The molecule has 19 heavy (non-hydrogen) atoms. The second-order valence-corrected chi connectivity index (χ2v) is 4.65. The lowest BCUT2D eigenvalue weighted by Gasteiger charge is -2.13. The smallest absolute Gasteiger partial charge is 0.326 e. The van der Waals surface area contributed by atoms with Crippen molar-refractivity contribution in [1.82, 2.24) is 5.32 Å². The fourth-order valence-electron chi connectivity index (χ4n) is 1.65. The molecule has 5 heteroatoms. The Bertz CT molecular complexity index is 439. The quantitative estimate of drug-likeness (QED) is 0.725. The molecule has 0 saturated heterocycles. The van der Waals surface area contributed by atoms with E-state index in [9.17, 15) is 9.59 Å². The van der Waals surface area contributed by atoms with Crippen LogP contribution in [0.2, 0.25) is 0 Å². The summed E-state index contributed by atoms with van der Waals surface area (Å²) < 4.78 is 0. The van der Waals surface area contributed by atoms with Gasteiger partial charge in [-0.15, -0.1) is 0 Å². The van der Waals surface area contributed by atoms with Crippen LogP contribution in [0.3, 0.4) is 0 Å². The first-order valence-electron chi connectivity index (χ1n) is 6.20. The van der Waals surface area contributed by atoms with Gasteiger partial charge in [-0.25, -0.2) is 4.79 Å². The van der Waals surface area contributed by atoms with Crippen molar-refractivity contribution in [2.75, 3.05) is 6.61 Å². The first-order chi connectivity index (χ1) is 8.95. The van der Waals surface area contributed by atoms with Crippen LogP contribution >= 0.6 is 0 Å². The molecule has 1 aromatic carbocycles. The number of carboxylic acid groups (broad SMARTS) is 1.